The molecule has 1 aromatic rings. The maximum Gasteiger partial charge on any atom is 0.336 e. The molecule has 0 amide bonds. The van der Waals surface area contributed by atoms with Crippen LogP contribution in [0.25, 0.3) is 0 Å². The molecule has 0 aromatic heterocycles. The van der Waals surface area contributed by atoms with E-state index in [2.05, 4.69) is 5.32 Å². The minimum atomic E-state index is -1.05. The average molecular weight is 375 g/mol. The molecule has 1 heterocycles. The summed E-state index contributed by atoms with van der Waals surface area (Å²) in [5.41, 5.74) is 0.952. The Morgan fingerprint density at radius 3 is 2.70 bits per heavy atom. The molecular formula is C21H23F2NO3. The van der Waals surface area contributed by atoms with E-state index in [1.165, 1.54) is 12.1 Å². The van der Waals surface area contributed by atoms with Crippen molar-refractivity contribution in [2.45, 2.75) is 46.5 Å². The second kappa shape index (κ2) is 6.91. The van der Waals surface area contributed by atoms with Crippen LogP contribution in [-0.4, -0.2) is 18.4 Å². The van der Waals surface area contributed by atoms with Crippen LogP contribution in [0.3, 0.4) is 0 Å². The van der Waals surface area contributed by atoms with Gasteiger partial charge in [0.15, 0.2) is 17.4 Å². The van der Waals surface area contributed by atoms with Crippen molar-refractivity contribution in [3.63, 3.8) is 0 Å². The SMILES string of the molecule is CCOC(=O)C1=C(C)NC2=C(C(=O)C(C)(C)CC2)[C@H]1c1cccc(F)c1F. The van der Waals surface area contributed by atoms with Crippen LogP contribution in [0.5, 0.6) is 0 Å². The number of carbonyl (C=O) groups excluding carboxylic acids is 2. The maximum atomic E-state index is 14.7. The molecule has 1 aromatic carbocycles. The molecule has 4 nitrogen and oxygen atoms in total. The minimum absolute atomic E-state index is 0.0301. The predicted octanol–water partition coefficient (Wildman–Crippen LogP) is 4.13. The molecule has 1 aliphatic heterocycles. The van der Waals surface area contributed by atoms with Gasteiger partial charge < -0.3 is 10.1 Å². The van der Waals surface area contributed by atoms with Gasteiger partial charge in [-0.05, 0) is 32.8 Å². The lowest BCUT2D eigenvalue weighted by Gasteiger charge is -2.39. The van der Waals surface area contributed by atoms with Crippen molar-refractivity contribution < 1.29 is 23.1 Å². The fraction of sp³-hybridized carbons (Fsp3) is 0.429. The summed E-state index contributed by atoms with van der Waals surface area (Å²) in [5.74, 6) is -3.88. The van der Waals surface area contributed by atoms with E-state index in [4.69, 9.17) is 4.74 Å². The van der Waals surface area contributed by atoms with Gasteiger partial charge in [0.25, 0.3) is 0 Å². The third kappa shape index (κ3) is 3.17. The Kier molecular flexibility index (Phi) is 4.93. The minimum Gasteiger partial charge on any atom is -0.463 e. The molecule has 0 saturated carbocycles. The van der Waals surface area contributed by atoms with Crippen LogP contribution in [0.2, 0.25) is 0 Å². The first-order valence-electron chi connectivity index (χ1n) is 9.05. The Bertz CT molecular complexity index is 883. The molecule has 6 heteroatoms. The van der Waals surface area contributed by atoms with Crippen LogP contribution in [0, 0.1) is 17.0 Å². The van der Waals surface area contributed by atoms with Crippen LogP contribution in [0.15, 0.2) is 40.7 Å². The average Bonchev–Trinajstić information content (AvgIpc) is 2.60. The van der Waals surface area contributed by atoms with E-state index < -0.39 is 28.9 Å². The van der Waals surface area contributed by atoms with Crippen LogP contribution >= 0.6 is 0 Å². The number of halogens is 2. The number of Topliss-reactive ketones (excluding diaryl/α,β-unsaturated/α-hetero) is 1. The quantitative estimate of drug-likeness (QED) is 0.807. The topological polar surface area (TPSA) is 55.4 Å². The molecule has 0 fully saturated rings. The van der Waals surface area contributed by atoms with Gasteiger partial charge in [-0.3, -0.25) is 4.79 Å². The van der Waals surface area contributed by atoms with E-state index in [-0.39, 0.29) is 23.5 Å². The first-order valence-corrected chi connectivity index (χ1v) is 9.05. The van der Waals surface area contributed by atoms with Crippen molar-refractivity contribution in [1.29, 1.82) is 0 Å². The van der Waals surface area contributed by atoms with Crippen LogP contribution in [0.4, 0.5) is 8.78 Å². The number of ether oxygens (including phenoxy) is 1. The van der Waals surface area contributed by atoms with Crippen molar-refractivity contribution >= 4 is 11.8 Å². The molecular weight excluding hydrogens is 352 g/mol. The van der Waals surface area contributed by atoms with Gasteiger partial charge in [-0.1, -0.05) is 26.0 Å². The van der Waals surface area contributed by atoms with Gasteiger partial charge in [-0.25, -0.2) is 13.6 Å². The van der Waals surface area contributed by atoms with Gasteiger partial charge in [-0.15, -0.1) is 0 Å². The molecule has 2 aliphatic rings. The Hall–Kier alpha value is -2.50. The Morgan fingerprint density at radius 1 is 1.33 bits per heavy atom. The lowest BCUT2D eigenvalue weighted by molar-refractivity contribution is -0.138. The van der Waals surface area contributed by atoms with Crippen molar-refractivity contribution in [2.24, 2.45) is 5.41 Å². The molecule has 3 rings (SSSR count). The summed E-state index contributed by atoms with van der Waals surface area (Å²) in [6, 6.07) is 3.81. The van der Waals surface area contributed by atoms with Gasteiger partial charge in [0.2, 0.25) is 0 Å². The number of rotatable bonds is 3. The van der Waals surface area contributed by atoms with Crippen LogP contribution < -0.4 is 5.32 Å². The summed E-state index contributed by atoms with van der Waals surface area (Å²) in [5, 5.41) is 3.13. The third-order valence-corrected chi connectivity index (χ3v) is 5.29. The monoisotopic (exact) mass is 375 g/mol. The number of ketones is 1. The summed E-state index contributed by atoms with van der Waals surface area (Å²) in [7, 11) is 0. The predicted molar refractivity (Wildman–Crippen MR) is 96.6 cm³/mol. The molecule has 1 atom stereocenters. The van der Waals surface area contributed by atoms with E-state index in [0.29, 0.717) is 29.8 Å². The van der Waals surface area contributed by atoms with Crippen molar-refractivity contribution in [3.05, 3.63) is 57.9 Å². The number of dihydropyridines is 1. The standard InChI is InChI=1S/C21H23F2NO3/c1-5-27-20(26)15-11(2)24-14-9-10-21(3,4)19(25)17(14)16(15)12-7-6-8-13(22)18(12)23/h6-8,16,24H,5,9-10H2,1-4H3/t16-/m0/s1. The largest absolute Gasteiger partial charge is 0.463 e. The molecule has 144 valence electrons. The van der Waals surface area contributed by atoms with Gasteiger partial charge >= 0.3 is 5.97 Å². The highest BCUT2D eigenvalue weighted by molar-refractivity contribution is 6.06. The highest BCUT2D eigenvalue weighted by Gasteiger charge is 2.45. The maximum absolute atomic E-state index is 14.7. The van der Waals surface area contributed by atoms with Gasteiger partial charge in [0.05, 0.1) is 18.1 Å². The number of carbonyl (C=O) groups is 2. The molecule has 0 saturated heterocycles. The highest BCUT2D eigenvalue weighted by atomic mass is 19.2. The smallest absolute Gasteiger partial charge is 0.336 e. The van der Waals surface area contributed by atoms with E-state index >= 15 is 0 Å². The number of benzene rings is 1. The van der Waals surface area contributed by atoms with Gasteiger partial charge in [0.1, 0.15) is 0 Å². The summed E-state index contributed by atoms with van der Waals surface area (Å²) in [6.45, 7) is 7.14. The first-order chi connectivity index (χ1) is 12.7. The van der Waals surface area contributed by atoms with Crippen molar-refractivity contribution in [3.8, 4) is 0 Å². The molecule has 0 bridgehead atoms. The second-order valence-electron chi connectivity index (χ2n) is 7.57. The number of nitrogens with one attached hydrogen (secondary N) is 1. The van der Waals surface area contributed by atoms with Crippen LogP contribution in [0.1, 0.15) is 52.0 Å². The van der Waals surface area contributed by atoms with Crippen LogP contribution in [-0.2, 0) is 14.3 Å². The zero-order chi connectivity index (χ0) is 19.9. The zero-order valence-corrected chi connectivity index (χ0v) is 15.9. The molecule has 0 radical (unpaired) electrons. The Morgan fingerprint density at radius 2 is 2.04 bits per heavy atom. The number of allylic oxidation sites excluding steroid dienone is 3. The summed E-state index contributed by atoms with van der Waals surface area (Å²) >= 11 is 0. The number of hydrogen-bond donors (Lipinski definition) is 1. The summed E-state index contributed by atoms with van der Waals surface area (Å²) < 4.78 is 33.8. The molecule has 0 spiro atoms. The van der Waals surface area contributed by atoms with Gasteiger partial charge in [0, 0.05) is 27.9 Å². The first kappa shape index (κ1) is 19.3. The van der Waals surface area contributed by atoms with E-state index in [1.807, 2.05) is 13.8 Å². The third-order valence-electron chi connectivity index (χ3n) is 5.29. The Labute approximate surface area is 157 Å². The Balaban J connectivity index is 2.26. The number of hydrogen-bond acceptors (Lipinski definition) is 4. The fourth-order valence-electron chi connectivity index (χ4n) is 3.81. The van der Waals surface area contributed by atoms with Gasteiger partial charge in [-0.2, -0.15) is 0 Å². The second-order valence-corrected chi connectivity index (χ2v) is 7.57. The fourth-order valence-corrected chi connectivity index (χ4v) is 3.81. The highest BCUT2D eigenvalue weighted by Crippen LogP contribution is 2.47. The van der Waals surface area contributed by atoms with E-state index in [1.54, 1.807) is 13.8 Å². The summed E-state index contributed by atoms with van der Waals surface area (Å²) in [6.07, 6.45) is 1.23. The van der Waals surface area contributed by atoms with E-state index in [0.717, 1.165) is 6.07 Å². The number of esters is 1. The molecule has 27 heavy (non-hydrogen) atoms. The summed E-state index contributed by atoms with van der Waals surface area (Å²) in [4.78, 5) is 25.9. The molecule has 1 N–H and O–H groups in total. The molecule has 1 aliphatic carbocycles. The molecule has 0 unspecified atom stereocenters. The van der Waals surface area contributed by atoms with Crippen molar-refractivity contribution in [1.82, 2.24) is 5.32 Å². The van der Waals surface area contributed by atoms with Crippen molar-refractivity contribution in [2.75, 3.05) is 6.61 Å². The van der Waals surface area contributed by atoms with E-state index in [9.17, 15) is 18.4 Å². The lowest BCUT2D eigenvalue weighted by Crippen LogP contribution is -2.40. The normalized spacial score (nSPS) is 21.7. The lowest BCUT2D eigenvalue weighted by atomic mass is 9.67. The zero-order valence-electron chi connectivity index (χ0n) is 15.9.